The molecule has 1 aliphatic rings. The van der Waals surface area contributed by atoms with Crippen LogP contribution < -0.4 is 10.1 Å². The smallest absolute Gasteiger partial charge is 0.169 e. The summed E-state index contributed by atoms with van der Waals surface area (Å²) in [7, 11) is 0. The van der Waals surface area contributed by atoms with Gasteiger partial charge in [0.2, 0.25) is 0 Å². The van der Waals surface area contributed by atoms with Gasteiger partial charge >= 0.3 is 0 Å². The van der Waals surface area contributed by atoms with E-state index in [0.29, 0.717) is 16.4 Å². The molecule has 0 unspecified atom stereocenters. The van der Waals surface area contributed by atoms with Gasteiger partial charge in [0.05, 0.1) is 40.2 Å². The van der Waals surface area contributed by atoms with E-state index < -0.39 is 0 Å². The summed E-state index contributed by atoms with van der Waals surface area (Å²) in [6.45, 7) is 3.50. The number of Topliss-reactive ketones (excluding diaryl/α,β-unsaturated/α-hetero) is 1. The van der Waals surface area contributed by atoms with Crippen molar-refractivity contribution in [3.8, 4) is 39.0 Å². The molecule has 6 aromatic heterocycles. The maximum absolute atomic E-state index is 11.8. The van der Waals surface area contributed by atoms with Crippen LogP contribution in [0.15, 0.2) is 55.2 Å². The minimum absolute atomic E-state index is 0.0418. The monoisotopic (exact) mass is 536 g/mol. The van der Waals surface area contributed by atoms with E-state index in [9.17, 15) is 4.79 Å². The highest BCUT2D eigenvalue weighted by Crippen LogP contribution is 2.35. The summed E-state index contributed by atoms with van der Waals surface area (Å²) in [6, 6.07) is 7.75. The lowest BCUT2D eigenvalue weighted by Crippen LogP contribution is -2.34. The summed E-state index contributed by atoms with van der Waals surface area (Å²) in [5.74, 6) is 1.40. The molecule has 0 saturated carbocycles. The molecule has 0 amide bonds. The molecule has 0 bridgehead atoms. The number of hydrogen-bond acceptors (Lipinski definition) is 9. The largest absolute Gasteiger partial charge is 0.489 e. The first-order valence-electron chi connectivity index (χ1n) is 12.7. The van der Waals surface area contributed by atoms with Gasteiger partial charge in [0.1, 0.15) is 23.1 Å². The van der Waals surface area contributed by atoms with Gasteiger partial charge < -0.3 is 15.0 Å². The molecule has 1 aliphatic heterocycles. The van der Waals surface area contributed by atoms with Crippen molar-refractivity contribution in [3.05, 3.63) is 60.1 Å². The molecular weight excluding hydrogens is 512 g/mol. The molecule has 3 N–H and O–H groups in total. The Balaban J connectivity index is 1.25. The molecule has 194 valence electrons. The fourth-order valence-electron chi connectivity index (χ4n) is 4.88. The Bertz CT molecular complexity index is 1830. The van der Waals surface area contributed by atoms with E-state index in [0.717, 1.165) is 75.3 Å². The number of thiophene rings is 1. The summed E-state index contributed by atoms with van der Waals surface area (Å²) >= 11 is 1.44. The van der Waals surface area contributed by atoms with Crippen LogP contribution in [0.1, 0.15) is 29.4 Å². The van der Waals surface area contributed by atoms with E-state index in [1.807, 2.05) is 24.3 Å². The normalized spacial score (nSPS) is 14.3. The number of ketones is 1. The van der Waals surface area contributed by atoms with E-state index in [1.165, 1.54) is 11.3 Å². The SMILES string of the molecule is CC(=O)c1ccc(-c2cncc3[nH]c(-c4n[nH]c5cnc(-c6cncc(OC7CCNCC7)c6)cc45)nc23)s1. The van der Waals surface area contributed by atoms with Crippen molar-refractivity contribution in [1.82, 2.24) is 40.4 Å². The number of pyridine rings is 3. The summed E-state index contributed by atoms with van der Waals surface area (Å²) in [6.07, 6.45) is 11.0. The van der Waals surface area contributed by atoms with Crippen LogP contribution in [-0.2, 0) is 0 Å². The average molecular weight is 537 g/mol. The fourth-order valence-corrected chi connectivity index (χ4v) is 5.79. The number of aromatic amines is 2. The molecule has 7 rings (SSSR count). The number of ether oxygens (including phenoxy) is 1. The van der Waals surface area contributed by atoms with Gasteiger partial charge in [-0.3, -0.25) is 24.8 Å². The molecule has 11 heteroatoms. The van der Waals surface area contributed by atoms with Crippen LogP contribution in [0.4, 0.5) is 0 Å². The van der Waals surface area contributed by atoms with E-state index in [2.05, 4.69) is 35.5 Å². The van der Waals surface area contributed by atoms with Gasteiger partial charge in [-0.2, -0.15) is 5.10 Å². The maximum atomic E-state index is 11.8. The van der Waals surface area contributed by atoms with Crippen molar-refractivity contribution in [1.29, 1.82) is 0 Å². The molecule has 39 heavy (non-hydrogen) atoms. The van der Waals surface area contributed by atoms with Crippen LogP contribution in [0.5, 0.6) is 5.75 Å². The second-order valence-corrected chi connectivity index (χ2v) is 10.6. The van der Waals surface area contributed by atoms with Gasteiger partial charge in [0, 0.05) is 33.8 Å². The second-order valence-electron chi connectivity index (χ2n) is 9.55. The lowest BCUT2D eigenvalue weighted by Gasteiger charge is -2.23. The molecule has 0 atom stereocenters. The Labute approximate surface area is 226 Å². The van der Waals surface area contributed by atoms with Gasteiger partial charge in [-0.1, -0.05) is 0 Å². The number of imidazole rings is 1. The van der Waals surface area contributed by atoms with E-state index in [4.69, 9.17) is 9.72 Å². The molecule has 6 aromatic rings. The predicted molar refractivity (Wildman–Crippen MR) is 150 cm³/mol. The van der Waals surface area contributed by atoms with Gasteiger partial charge in [0.25, 0.3) is 0 Å². The first-order chi connectivity index (χ1) is 19.1. The van der Waals surface area contributed by atoms with Crippen molar-refractivity contribution in [2.75, 3.05) is 13.1 Å². The number of carbonyl (C=O) groups excluding carboxylic acids is 1. The third-order valence-corrected chi connectivity index (χ3v) is 8.10. The molecule has 0 aliphatic carbocycles. The van der Waals surface area contributed by atoms with Crippen molar-refractivity contribution < 1.29 is 9.53 Å². The number of fused-ring (bicyclic) bond motifs is 2. The number of rotatable bonds is 6. The Hall–Kier alpha value is -4.48. The number of aromatic nitrogens is 7. The highest BCUT2D eigenvalue weighted by molar-refractivity contribution is 7.17. The minimum atomic E-state index is 0.0418. The van der Waals surface area contributed by atoms with Crippen molar-refractivity contribution in [2.45, 2.75) is 25.9 Å². The molecule has 1 fully saturated rings. The minimum Gasteiger partial charge on any atom is -0.489 e. The first-order valence-corrected chi connectivity index (χ1v) is 13.6. The zero-order valence-corrected chi connectivity index (χ0v) is 21.9. The number of nitrogens with one attached hydrogen (secondary N) is 3. The Morgan fingerprint density at radius 2 is 1.90 bits per heavy atom. The van der Waals surface area contributed by atoms with Crippen LogP contribution in [0, 0.1) is 0 Å². The Morgan fingerprint density at radius 3 is 2.74 bits per heavy atom. The van der Waals surface area contributed by atoms with Crippen LogP contribution in [-0.4, -0.2) is 60.1 Å². The molecule has 0 radical (unpaired) electrons. The molecule has 1 saturated heterocycles. The van der Waals surface area contributed by atoms with Crippen molar-refractivity contribution in [2.24, 2.45) is 0 Å². The van der Waals surface area contributed by atoms with E-state index in [-0.39, 0.29) is 11.9 Å². The zero-order chi connectivity index (χ0) is 26.3. The number of hydrogen-bond donors (Lipinski definition) is 3. The van der Waals surface area contributed by atoms with Crippen molar-refractivity contribution in [3.63, 3.8) is 0 Å². The van der Waals surface area contributed by atoms with Crippen LogP contribution >= 0.6 is 11.3 Å². The highest BCUT2D eigenvalue weighted by atomic mass is 32.1. The van der Waals surface area contributed by atoms with Gasteiger partial charge in [-0.05, 0) is 57.1 Å². The molecule has 0 spiro atoms. The third kappa shape index (κ3) is 4.45. The molecule has 0 aromatic carbocycles. The number of piperidine rings is 1. The lowest BCUT2D eigenvalue weighted by atomic mass is 10.1. The molecule has 10 nitrogen and oxygen atoms in total. The van der Waals surface area contributed by atoms with Crippen LogP contribution in [0.2, 0.25) is 0 Å². The summed E-state index contributed by atoms with van der Waals surface area (Å²) in [5, 5.41) is 11.9. The lowest BCUT2D eigenvalue weighted by molar-refractivity contribution is 0.102. The summed E-state index contributed by atoms with van der Waals surface area (Å²) in [4.78, 5) is 35.2. The Morgan fingerprint density at radius 1 is 1.03 bits per heavy atom. The third-order valence-electron chi connectivity index (χ3n) is 6.88. The summed E-state index contributed by atoms with van der Waals surface area (Å²) < 4.78 is 6.19. The topological polar surface area (TPSA) is 134 Å². The zero-order valence-electron chi connectivity index (χ0n) is 21.1. The highest BCUT2D eigenvalue weighted by Gasteiger charge is 2.19. The fraction of sp³-hybridized carbons (Fsp3) is 0.214. The standard InChI is InChI=1S/C28H24N8O2S/c1-15(37)24-2-3-25(39-24)20-12-31-13-23-26(20)34-28(33-23)27-19-9-21(32-14-22(19)35-36-27)16-8-18(11-30-10-16)38-17-4-6-29-7-5-17/h2-3,8-14,17,29H,4-7H2,1H3,(H,33,34)(H,35,36). The Kier molecular flexibility index (Phi) is 5.86. The average Bonchev–Trinajstić information content (AvgIpc) is 3.71. The summed E-state index contributed by atoms with van der Waals surface area (Å²) in [5.41, 5.74) is 5.54. The predicted octanol–water partition coefficient (Wildman–Crippen LogP) is 5.02. The number of carbonyl (C=O) groups is 1. The van der Waals surface area contributed by atoms with E-state index >= 15 is 0 Å². The van der Waals surface area contributed by atoms with Gasteiger partial charge in [-0.15, -0.1) is 11.3 Å². The number of H-pyrrole nitrogens is 2. The van der Waals surface area contributed by atoms with E-state index in [1.54, 1.807) is 37.9 Å². The maximum Gasteiger partial charge on any atom is 0.169 e. The van der Waals surface area contributed by atoms with Gasteiger partial charge in [-0.25, -0.2) is 4.98 Å². The molecule has 7 heterocycles. The second kappa shape index (κ2) is 9.68. The molecular formula is C28H24N8O2S. The van der Waals surface area contributed by atoms with Crippen LogP contribution in [0.3, 0.4) is 0 Å². The quantitative estimate of drug-likeness (QED) is 0.253. The van der Waals surface area contributed by atoms with Gasteiger partial charge in [0.15, 0.2) is 11.6 Å². The van der Waals surface area contributed by atoms with Crippen molar-refractivity contribution >= 4 is 39.1 Å². The number of nitrogens with zero attached hydrogens (tertiary/aromatic N) is 5. The first kappa shape index (κ1) is 23.6. The van der Waals surface area contributed by atoms with Crippen LogP contribution in [0.25, 0.3) is 55.2 Å².